The molecule has 0 bridgehead atoms. The van der Waals surface area contributed by atoms with Crippen LogP contribution < -0.4 is 5.73 Å². The minimum Gasteiger partial charge on any atom is -0.373 e. The third-order valence-corrected chi connectivity index (χ3v) is 3.41. The van der Waals surface area contributed by atoms with Gasteiger partial charge in [0, 0.05) is 25.2 Å². The van der Waals surface area contributed by atoms with Crippen LogP contribution in [0.25, 0.3) is 0 Å². The fourth-order valence-electron chi connectivity index (χ4n) is 2.55. The predicted octanol–water partition coefficient (Wildman–Crippen LogP) is 1.61. The van der Waals surface area contributed by atoms with Crippen LogP contribution in [0.5, 0.6) is 0 Å². The van der Waals surface area contributed by atoms with Crippen LogP contribution in [0.4, 0.5) is 0 Å². The Bertz CT molecular complexity index is 188. The molecular formula is C12H26N2O. The number of nitrogens with two attached hydrogens (primary N) is 1. The van der Waals surface area contributed by atoms with Crippen molar-refractivity contribution in [2.75, 3.05) is 19.6 Å². The molecule has 1 heterocycles. The van der Waals surface area contributed by atoms with E-state index >= 15 is 0 Å². The van der Waals surface area contributed by atoms with Gasteiger partial charge < -0.3 is 10.5 Å². The minimum absolute atomic E-state index is 0.154. The fraction of sp³-hybridized carbons (Fsp3) is 1.00. The van der Waals surface area contributed by atoms with Gasteiger partial charge in [0.15, 0.2) is 0 Å². The van der Waals surface area contributed by atoms with E-state index in [9.17, 15) is 0 Å². The second-order valence-electron chi connectivity index (χ2n) is 5.11. The van der Waals surface area contributed by atoms with E-state index < -0.39 is 0 Å². The van der Waals surface area contributed by atoms with Gasteiger partial charge in [-0.05, 0) is 27.2 Å². The van der Waals surface area contributed by atoms with Crippen LogP contribution in [0.1, 0.15) is 40.5 Å². The molecule has 1 aliphatic rings. The van der Waals surface area contributed by atoms with E-state index in [2.05, 4.69) is 32.6 Å². The zero-order chi connectivity index (χ0) is 11.5. The molecule has 15 heavy (non-hydrogen) atoms. The lowest BCUT2D eigenvalue weighted by Crippen LogP contribution is -2.59. The first-order valence-electron chi connectivity index (χ1n) is 6.12. The normalized spacial score (nSPS) is 32.6. The highest BCUT2D eigenvalue weighted by Crippen LogP contribution is 2.24. The molecule has 0 amide bonds. The zero-order valence-corrected chi connectivity index (χ0v) is 10.6. The average molecular weight is 214 g/mol. The molecule has 0 saturated carbocycles. The second kappa shape index (κ2) is 5.28. The van der Waals surface area contributed by atoms with Crippen molar-refractivity contribution >= 4 is 0 Å². The predicted molar refractivity (Wildman–Crippen MR) is 63.9 cm³/mol. The number of morpholine rings is 1. The molecule has 1 aliphatic heterocycles. The highest BCUT2D eigenvalue weighted by atomic mass is 16.5. The molecule has 90 valence electrons. The third kappa shape index (κ3) is 3.16. The topological polar surface area (TPSA) is 38.5 Å². The van der Waals surface area contributed by atoms with E-state index in [0.29, 0.717) is 12.2 Å². The second-order valence-corrected chi connectivity index (χ2v) is 5.11. The van der Waals surface area contributed by atoms with Gasteiger partial charge in [0.25, 0.3) is 0 Å². The van der Waals surface area contributed by atoms with Gasteiger partial charge in [0.2, 0.25) is 0 Å². The van der Waals surface area contributed by atoms with Crippen LogP contribution in [-0.4, -0.2) is 42.3 Å². The quantitative estimate of drug-likeness (QED) is 0.773. The summed E-state index contributed by atoms with van der Waals surface area (Å²) in [4.78, 5) is 2.51. The van der Waals surface area contributed by atoms with Crippen molar-refractivity contribution in [3.63, 3.8) is 0 Å². The molecule has 3 atom stereocenters. The summed E-state index contributed by atoms with van der Waals surface area (Å²) in [5.74, 6) is 0. The SMILES string of the molecule is CCCC(C)(CN)N1CC(C)OC(C)C1. The molecule has 0 aromatic rings. The van der Waals surface area contributed by atoms with Crippen LogP contribution in [-0.2, 0) is 4.74 Å². The van der Waals surface area contributed by atoms with Crippen LogP contribution in [0.2, 0.25) is 0 Å². The first kappa shape index (κ1) is 12.9. The Kier molecular flexibility index (Phi) is 4.56. The van der Waals surface area contributed by atoms with Gasteiger partial charge in [-0.3, -0.25) is 4.90 Å². The van der Waals surface area contributed by atoms with Crippen LogP contribution in [0, 0.1) is 0 Å². The summed E-state index contributed by atoms with van der Waals surface area (Å²) >= 11 is 0. The highest BCUT2D eigenvalue weighted by Gasteiger charge is 2.34. The molecule has 0 spiro atoms. The number of ether oxygens (including phenoxy) is 1. The fourth-order valence-corrected chi connectivity index (χ4v) is 2.55. The number of hydrogen-bond acceptors (Lipinski definition) is 3. The van der Waals surface area contributed by atoms with Crippen molar-refractivity contribution in [2.24, 2.45) is 5.73 Å². The first-order chi connectivity index (χ1) is 7.01. The Labute approximate surface area is 94.0 Å². The number of hydrogen-bond donors (Lipinski definition) is 1. The van der Waals surface area contributed by atoms with E-state index in [1.54, 1.807) is 0 Å². The van der Waals surface area contributed by atoms with Crippen molar-refractivity contribution in [2.45, 2.75) is 58.3 Å². The maximum absolute atomic E-state index is 5.93. The number of nitrogens with zero attached hydrogens (tertiary/aromatic N) is 1. The standard InChI is InChI=1S/C12H26N2O/c1-5-6-12(4,9-13)14-7-10(2)15-11(3)8-14/h10-11H,5-9,13H2,1-4H3. The summed E-state index contributed by atoms with van der Waals surface area (Å²) in [6.45, 7) is 11.6. The maximum Gasteiger partial charge on any atom is 0.0678 e. The lowest BCUT2D eigenvalue weighted by molar-refractivity contribution is -0.0988. The molecular weight excluding hydrogens is 188 g/mol. The zero-order valence-electron chi connectivity index (χ0n) is 10.6. The van der Waals surface area contributed by atoms with Crippen LogP contribution in [0.3, 0.4) is 0 Å². The van der Waals surface area contributed by atoms with Crippen LogP contribution in [0.15, 0.2) is 0 Å². The van der Waals surface area contributed by atoms with E-state index in [0.717, 1.165) is 19.6 Å². The largest absolute Gasteiger partial charge is 0.373 e. The van der Waals surface area contributed by atoms with E-state index in [4.69, 9.17) is 10.5 Å². The summed E-state index contributed by atoms with van der Waals surface area (Å²) in [6.07, 6.45) is 3.02. The Morgan fingerprint density at radius 1 is 1.33 bits per heavy atom. The third-order valence-electron chi connectivity index (χ3n) is 3.41. The van der Waals surface area contributed by atoms with Gasteiger partial charge in [-0.25, -0.2) is 0 Å². The molecule has 1 fully saturated rings. The molecule has 0 aromatic carbocycles. The molecule has 3 heteroatoms. The molecule has 0 aliphatic carbocycles. The molecule has 1 saturated heterocycles. The van der Waals surface area contributed by atoms with Gasteiger partial charge >= 0.3 is 0 Å². The molecule has 2 N–H and O–H groups in total. The highest BCUT2D eigenvalue weighted by molar-refractivity contribution is 4.90. The summed E-state index contributed by atoms with van der Waals surface area (Å²) in [6, 6.07) is 0. The van der Waals surface area contributed by atoms with Crippen molar-refractivity contribution in [3.05, 3.63) is 0 Å². The lowest BCUT2D eigenvalue weighted by Gasteiger charge is -2.46. The van der Waals surface area contributed by atoms with Crippen molar-refractivity contribution in [1.82, 2.24) is 4.90 Å². The van der Waals surface area contributed by atoms with E-state index in [-0.39, 0.29) is 5.54 Å². The van der Waals surface area contributed by atoms with Crippen LogP contribution >= 0.6 is 0 Å². The maximum atomic E-state index is 5.93. The van der Waals surface area contributed by atoms with Crippen molar-refractivity contribution in [3.8, 4) is 0 Å². The lowest BCUT2D eigenvalue weighted by atomic mass is 9.92. The Balaban J connectivity index is 2.66. The molecule has 3 unspecified atom stereocenters. The first-order valence-corrected chi connectivity index (χ1v) is 6.12. The Morgan fingerprint density at radius 3 is 2.27 bits per heavy atom. The van der Waals surface area contributed by atoms with Gasteiger partial charge in [0.05, 0.1) is 12.2 Å². The van der Waals surface area contributed by atoms with Crippen molar-refractivity contribution < 1.29 is 4.74 Å². The van der Waals surface area contributed by atoms with Gasteiger partial charge in [-0.2, -0.15) is 0 Å². The smallest absolute Gasteiger partial charge is 0.0678 e. The molecule has 3 nitrogen and oxygen atoms in total. The number of rotatable bonds is 4. The van der Waals surface area contributed by atoms with Crippen molar-refractivity contribution in [1.29, 1.82) is 0 Å². The minimum atomic E-state index is 0.154. The Morgan fingerprint density at radius 2 is 1.87 bits per heavy atom. The van der Waals surface area contributed by atoms with Gasteiger partial charge in [0.1, 0.15) is 0 Å². The Hall–Kier alpha value is -0.120. The summed E-state index contributed by atoms with van der Waals surface area (Å²) in [5.41, 5.74) is 6.09. The van der Waals surface area contributed by atoms with E-state index in [1.807, 2.05) is 0 Å². The summed E-state index contributed by atoms with van der Waals surface area (Å²) < 4.78 is 5.75. The molecule has 0 aromatic heterocycles. The summed E-state index contributed by atoms with van der Waals surface area (Å²) in [7, 11) is 0. The summed E-state index contributed by atoms with van der Waals surface area (Å²) in [5, 5.41) is 0. The monoisotopic (exact) mass is 214 g/mol. The van der Waals surface area contributed by atoms with Gasteiger partial charge in [-0.15, -0.1) is 0 Å². The molecule has 1 rings (SSSR count). The molecule has 0 radical (unpaired) electrons. The van der Waals surface area contributed by atoms with E-state index in [1.165, 1.54) is 12.8 Å². The van der Waals surface area contributed by atoms with Gasteiger partial charge in [-0.1, -0.05) is 13.3 Å². The average Bonchev–Trinajstić information content (AvgIpc) is 2.16.